The van der Waals surface area contributed by atoms with E-state index in [1.165, 1.54) is 6.92 Å². The first-order chi connectivity index (χ1) is 6.71. The maximum Gasteiger partial charge on any atom is 0.441 e. The molecule has 0 saturated heterocycles. The van der Waals surface area contributed by atoms with Gasteiger partial charge in [0.2, 0.25) is 0 Å². The molecule has 0 radical (unpaired) electrons. The lowest BCUT2D eigenvalue weighted by atomic mass is 9.83. The van der Waals surface area contributed by atoms with Crippen molar-refractivity contribution in [3.63, 3.8) is 0 Å². The molecule has 0 spiro atoms. The van der Waals surface area contributed by atoms with E-state index in [2.05, 4.69) is 0 Å². The topological polar surface area (TPSA) is 37.3 Å². The molecule has 90 valence electrons. The maximum absolute atomic E-state index is 11.8. The van der Waals surface area contributed by atoms with Gasteiger partial charge in [-0.3, -0.25) is 4.79 Å². The first-order valence-corrected chi connectivity index (χ1v) is 5.64. The molecule has 0 aromatic heterocycles. The van der Waals surface area contributed by atoms with Crippen molar-refractivity contribution < 1.29 is 23.1 Å². The van der Waals surface area contributed by atoms with Crippen LogP contribution in [-0.2, 0) is 4.79 Å². The Bertz CT molecular complexity index is 218. The summed E-state index contributed by atoms with van der Waals surface area (Å²) in [6.07, 6.45) is 1.10. The molecule has 0 aromatic rings. The fourth-order valence-corrected chi connectivity index (χ4v) is 2.07. The third-order valence-electron chi connectivity index (χ3n) is 2.24. The number of carbonyl (C=O) groups is 1. The van der Waals surface area contributed by atoms with E-state index in [0.29, 0.717) is 12.8 Å². The number of hydrogen-bond donors (Lipinski definition) is 1. The molecule has 0 bridgehead atoms. The van der Waals surface area contributed by atoms with Gasteiger partial charge >= 0.3 is 11.5 Å². The molecule has 2 nitrogen and oxygen atoms in total. The third-order valence-corrected chi connectivity index (χ3v) is 2.97. The number of halogens is 3. The van der Waals surface area contributed by atoms with Crippen LogP contribution in [-0.4, -0.2) is 22.3 Å². The van der Waals surface area contributed by atoms with Crippen molar-refractivity contribution in [3.8, 4) is 0 Å². The Hall–Kier alpha value is -0.390. The van der Waals surface area contributed by atoms with Crippen molar-refractivity contribution in [1.82, 2.24) is 0 Å². The number of carboxylic acids is 1. The van der Waals surface area contributed by atoms with Crippen LogP contribution in [0.2, 0.25) is 0 Å². The van der Waals surface area contributed by atoms with Crippen molar-refractivity contribution >= 4 is 17.7 Å². The molecule has 0 rings (SSSR count). The largest absolute Gasteiger partial charge is 0.481 e. The Kier molecular flexibility index (Phi) is 5.48. The molecule has 1 N–H and O–H groups in total. The summed E-state index contributed by atoms with van der Waals surface area (Å²) in [6.45, 7) is 3.31. The Labute approximate surface area is 91.2 Å². The van der Waals surface area contributed by atoms with Crippen molar-refractivity contribution in [3.05, 3.63) is 0 Å². The molecule has 1 atom stereocenters. The second-order valence-corrected chi connectivity index (χ2v) is 4.82. The van der Waals surface area contributed by atoms with Crippen LogP contribution in [0, 0.1) is 5.41 Å². The smallest absolute Gasteiger partial charge is 0.441 e. The molecule has 0 aliphatic carbocycles. The maximum atomic E-state index is 11.8. The van der Waals surface area contributed by atoms with E-state index >= 15 is 0 Å². The quantitative estimate of drug-likeness (QED) is 0.776. The number of alkyl halides is 3. The predicted molar refractivity (Wildman–Crippen MR) is 53.8 cm³/mol. The van der Waals surface area contributed by atoms with E-state index in [1.807, 2.05) is 6.92 Å². The highest BCUT2D eigenvalue weighted by Gasteiger charge is 2.34. The molecule has 1 unspecified atom stereocenters. The minimum absolute atomic E-state index is 0.0420. The fourth-order valence-electron chi connectivity index (χ4n) is 1.28. The number of hydrogen-bond acceptors (Lipinski definition) is 2. The van der Waals surface area contributed by atoms with E-state index in [-0.39, 0.29) is 23.9 Å². The molecule has 6 heteroatoms. The van der Waals surface area contributed by atoms with Gasteiger partial charge < -0.3 is 5.11 Å². The zero-order valence-electron chi connectivity index (χ0n) is 8.73. The molecule has 0 amide bonds. The van der Waals surface area contributed by atoms with Crippen molar-refractivity contribution in [2.24, 2.45) is 5.41 Å². The lowest BCUT2D eigenvalue weighted by Gasteiger charge is -2.23. The predicted octanol–water partition coefficient (Wildman–Crippen LogP) is 3.52. The molecule has 0 aliphatic rings. The zero-order chi connectivity index (χ0) is 12.1. The van der Waals surface area contributed by atoms with E-state index < -0.39 is 16.9 Å². The summed E-state index contributed by atoms with van der Waals surface area (Å²) in [5.74, 6) is -1.22. The van der Waals surface area contributed by atoms with Crippen molar-refractivity contribution in [1.29, 1.82) is 0 Å². The monoisotopic (exact) mass is 244 g/mol. The summed E-state index contributed by atoms with van der Waals surface area (Å²) >= 11 is -0.160. The number of thioether (sulfide) groups is 1. The van der Waals surface area contributed by atoms with Gasteiger partial charge in [-0.05, 0) is 19.8 Å². The third kappa shape index (κ3) is 5.92. The van der Waals surface area contributed by atoms with Crippen molar-refractivity contribution in [2.75, 3.05) is 5.75 Å². The highest BCUT2D eigenvalue weighted by molar-refractivity contribution is 8.00. The Morgan fingerprint density at radius 1 is 1.33 bits per heavy atom. The van der Waals surface area contributed by atoms with Crippen molar-refractivity contribution in [2.45, 2.75) is 38.6 Å². The highest BCUT2D eigenvalue weighted by Crippen LogP contribution is 2.35. The molecule has 0 aromatic carbocycles. The number of carboxylic acid groups (broad SMARTS) is 1. The second-order valence-electron chi connectivity index (χ2n) is 3.66. The van der Waals surface area contributed by atoms with Crippen LogP contribution in [0.4, 0.5) is 13.2 Å². The average molecular weight is 244 g/mol. The standard InChI is InChI=1S/C9H15F3O2S/c1-3-4-8(2,7(13)14)5-6-15-9(10,11)12/h3-6H2,1-2H3,(H,13,14). The lowest BCUT2D eigenvalue weighted by Crippen LogP contribution is -2.28. The molecule has 15 heavy (non-hydrogen) atoms. The summed E-state index contributed by atoms with van der Waals surface area (Å²) in [5, 5.41) is 8.90. The highest BCUT2D eigenvalue weighted by atomic mass is 32.2. The van der Waals surface area contributed by atoms with Gasteiger partial charge in [0.05, 0.1) is 5.41 Å². The second kappa shape index (κ2) is 5.63. The molecular formula is C9H15F3O2S. The minimum Gasteiger partial charge on any atom is -0.481 e. The summed E-state index contributed by atoms with van der Waals surface area (Å²) < 4.78 is 35.5. The normalized spacial score (nSPS) is 16.1. The van der Waals surface area contributed by atoms with Crippen LogP contribution in [0.15, 0.2) is 0 Å². The number of aliphatic carboxylic acids is 1. The summed E-state index contributed by atoms with van der Waals surface area (Å²) in [5.41, 5.74) is -5.31. The van der Waals surface area contributed by atoms with Gasteiger partial charge in [0.25, 0.3) is 0 Å². The van der Waals surface area contributed by atoms with Gasteiger partial charge in [-0.1, -0.05) is 25.1 Å². The Morgan fingerprint density at radius 3 is 2.20 bits per heavy atom. The van der Waals surface area contributed by atoms with Gasteiger partial charge in [0, 0.05) is 5.75 Å². The summed E-state index contributed by atoms with van der Waals surface area (Å²) in [7, 11) is 0. The van der Waals surface area contributed by atoms with Gasteiger partial charge in [-0.2, -0.15) is 13.2 Å². The molecule has 0 aliphatic heterocycles. The van der Waals surface area contributed by atoms with E-state index in [0.717, 1.165) is 0 Å². The SMILES string of the molecule is CCCC(C)(CCSC(F)(F)F)C(=O)O. The van der Waals surface area contributed by atoms with Crippen LogP contribution in [0.3, 0.4) is 0 Å². The van der Waals surface area contributed by atoms with Crippen LogP contribution in [0.1, 0.15) is 33.1 Å². The van der Waals surface area contributed by atoms with E-state index in [9.17, 15) is 18.0 Å². The first-order valence-electron chi connectivity index (χ1n) is 4.65. The van der Waals surface area contributed by atoms with E-state index in [1.54, 1.807) is 0 Å². The summed E-state index contributed by atoms with van der Waals surface area (Å²) in [6, 6.07) is 0. The van der Waals surface area contributed by atoms with Crippen LogP contribution in [0.5, 0.6) is 0 Å². The molecular weight excluding hydrogens is 229 g/mol. The van der Waals surface area contributed by atoms with Crippen LogP contribution < -0.4 is 0 Å². The van der Waals surface area contributed by atoms with Gasteiger partial charge in [-0.25, -0.2) is 0 Å². The average Bonchev–Trinajstić information content (AvgIpc) is 2.01. The van der Waals surface area contributed by atoms with Gasteiger partial charge in [-0.15, -0.1) is 0 Å². The molecule has 0 heterocycles. The van der Waals surface area contributed by atoms with Crippen LogP contribution >= 0.6 is 11.8 Å². The molecule has 0 fully saturated rings. The lowest BCUT2D eigenvalue weighted by molar-refractivity contribution is -0.148. The fraction of sp³-hybridized carbons (Fsp3) is 0.889. The first kappa shape index (κ1) is 14.6. The number of rotatable bonds is 6. The molecule has 0 saturated carbocycles. The van der Waals surface area contributed by atoms with E-state index in [4.69, 9.17) is 5.11 Å². The zero-order valence-corrected chi connectivity index (χ0v) is 9.54. The Balaban J connectivity index is 4.14. The summed E-state index contributed by atoms with van der Waals surface area (Å²) in [4.78, 5) is 10.9. The van der Waals surface area contributed by atoms with Gasteiger partial charge in [0.1, 0.15) is 0 Å². The van der Waals surface area contributed by atoms with Gasteiger partial charge in [0.15, 0.2) is 0 Å². The Morgan fingerprint density at radius 2 is 1.87 bits per heavy atom. The minimum atomic E-state index is -4.27. The van der Waals surface area contributed by atoms with Crippen LogP contribution in [0.25, 0.3) is 0 Å².